The summed E-state index contributed by atoms with van der Waals surface area (Å²) in [7, 11) is 3.59. The lowest BCUT2D eigenvalue weighted by atomic mass is 10.1. The standard InChI is InChI=1S/C21H34N4O/c1-22-21(23-12-6-7-17-10-11-17)24-16-20(25-13-3-4-14-25)18-8-5-9-19(15-18)26-2/h5,8-9,15,17,20H,3-4,6-7,10-14,16H2,1-2H3,(H2,22,23,24). The van der Waals surface area contributed by atoms with E-state index in [9.17, 15) is 0 Å². The molecule has 2 fully saturated rings. The van der Waals surface area contributed by atoms with Crippen molar-refractivity contribution >= 4 is 5.96 Å². The van der Waals surface area contributed by atoms with Gasteiger partial charge < -0.3 is 15.4 Å². The van der Waals surface area contributed by atoms with E-state index >= 15 is 0 Å². The molecule has 0 aromatic heterocycles. The fourth-order valence-electron chi connectivity index (χ4n) is 3.78. The van der Waals surface area contributed by atoms with Gasteiger partial charge in [0.1, 0.15) is 5.75 Å². The fourth-order valence-corrected chi connectivity index (χ4v) is 3.78. The van der Waals surface area contributed by atoms with Crippen molar-refractivity contribution in [1.82, 2.24) is 15.5 Å². The SMILES string of the molecule is CN=C(NCCCC1CC1)NCC(c1cccc(OC)c1)N1CCCC1. The molecule has 0 bridgehead atoms. The average molecular weight is 359 g/mol. The zero-order valence-corrected chi connectivity index (χ0v) is 16.3. The van der Waals surface area contributed by atoms with Gasteiger partial charge in [0, 0.05) is 20.1 Å². The highest BCUT2D eigenvalue weighted by molar-refractivity contribution is 5.79. The summed E-state index contributed by atoms with van der Waals surface area (Å²) in [5.74, 6) is 2.83. The Balaban J connectivity index is 1.55. The summed E-state index contributed by atoms with van der Waals surface area (Å²) in [4.78, 5) is 6.97. The zero-order valence-electron chi connectivity index (χ0n) is 16.3. The van der Waals surface area contributed by atoms with E-state index in [1.807, 2.05) is 13.1 Å². The molecular weight excluding hydrogens is 324 g/mol. The maximum atomic E-state index is 5.43. The maximum Gasteiger partial charge on any atom is 0.191 e. The van der Waals surface area contributed by atoms with Crippen LogP contribution in [0.3, 0.4) is 0 Å². The van der Waals surface area contributed by atoms with E-state index in [0.717, 1.165) is 43.8 Å². The molecule has 0 amide bonds. The normalized spacial score (nSPS) is 19.4. The quantitative estimate of drug-likeness (QED) is 0.404. The Morgan fingerprint density at radius 2 is 2.08 bits per heavy atom. The molecule has 1 atom stereocenters. The predicted molar refractivity (Wildman–Crippen MR) is 108 cm³/mol. The number of methoxy groups -OCH3 is 1. The molecule has 0 spiro atoms. The van der Waals surface area contributed by atoms with Gasteiger partial charge in [-0.3, -0.25) is 9.89 Å². The molecule has 1 unspecified atom stereocenters. The number of hydrogen-bond donors (Lipinski definition) is 2. The Labute approximate surface area is 158 Å². The van der Waals surface area contributed by atoms with E-state index in [2.05, 4.69) is 38.7 Å². The molecule has 0 radical (unpaired) electrons. The van der Waals surface area contributed by atoms with Gasteiger partial charge in [0.2, 0.25) is 0 Å². The van der Waals surface area contributed by atoms with E-state index in [0.29, 0.717) is 6.04 Å². The molecule has 2 N–H and O–H groups in total. The summed E-state index contributed by atoms with van der Waals surface area (Å²) in [6.45, 7) is 4.19. The molecule has 1 saturated carbocycles. The number of guanidine groups is 1. The van der Waals surface area contributed by atoms with Gasteiger partial charge in [0.25, 0.3) is 0 Å². The highest BCUT2D eigenvalue weighted by atomic mass is 16.5. The van der Waals surface area contributed by atoms with Crippen LogP contribution in [0.4, 0.5) is 0 Å². The van der Waals surface area contributed by atoms with Crippen molar-refractivity contribution in [3.05, 3.63) is 29.8 Å². The van der Waals surface area contributed by atoms with E-state index in [-0.39, 0.29) is 0 Å². The highest BCUT2D eigenvalue weighted by Gasteiger charge is 2.24. The Morgan fingerprint density at radius 1 is 1.27 bits per heavy atom. The van der Waals surface area contributed by atoms with Crippen LogP contribution in [0.25, 0.3) is 0 Å². The first kappa shape index (κ1) is 19.0. The number of hydrogen-bond acceptors (Lipinski definition) is 3. The molecule has 5 nitrogen and oxygen atoms in total. The second-order valence-corrected chi connectivity index (χ2v) is 7.50. The molecule has 5 heteroatoms. The van der Waals surface area contributed by atoms with Gasteiger partial charge in [-0.2, -0.15) is 0 Å². The van der Waals surface area contributed by atoms with Gasteiger partial charge in [0.05, 0.1) is 13.2 Å². The topological polar surface area (TPSA) is 48.9 Å². The molecule has 26 heavy (non-hydrogen) atoms. The molecule has 2 aliphatic rings. The Hall–Kier alpha value is -1.75. The smallest absolute Gasteiger partial charge is 0.191 e. The van der Waals surface area contributed by atoms with Crippen molar-refractivity contribution in [3.63, 3.8) is 0 Å². The number of aliphatic imine (C=N–C) groups is 1. The van der Waals surface area contributed by atoms with Crippen LogP contribution in [0.15, 0.2) is 29.3 Å². The maximum absolute atomic E-state index is 5.43. The van der Waals surface area contributed by atoms with Gasteiger partial charge in [-0.1, -0.05) is 25.0 Å². The van der Waals surface area contributed by atoms with Crippen LogP contribution in [0.1, 0.15) is 50.1 Å². The number of nitrogens with zero attached hydrogens (tertiary/aromatic N) is 2. The van der Waals surface area contributed by atoms with E-state index in [4.69, 9.17) is 4.74 Å². The van der Waals surface area contributed by atoms with Gasteiger partial charge in [-0.25, -0.2) is 0 Å². The second-order valence-electron chi connectivity index (χ2n) is 7.50. The average Bonchev–Trinajstić information content (AvgIpc) is 3.35. The number of nitrogens with one attached hydrogen (secondary N) is 2. The lowest BCUT2D eigenvalue weighted by Gasteiger charge is -2.29. The summed E-state index contributed by atoms with van der Waals surface area (Å²) in [5, 5.41) is 7.01. The monoisotopic (exact) mass is 358 g/mol. The first-order valence-corrected chi connectivity index (χ1v) is 10.1. The molecule has 1 heterocycles. The summed E-state index contributed by atoms with van der Waals surface area (Å²) in [6.07, 6.45) is 8.03. The minimum atomic E-state index is 0.345. The molecule has 1 aliphatic carbocycles. The van der Waals surface area contributed by atoms with Crippen LogP contribution in [0.2, 0.25) is 0 Å². The first-order chi connectivity index (χ1) is 12.8. The van der Waals surface area contributed by atoms with Gasteiger partial charge in [0.15, 0.2) is 5.96 Å². The molecule has 1 aromatic carbocycles. The second kappa shape index (κ2) is 9.81. The van der Waals surface area contributed by atoms with Gasteiger partial charge >= 0.3 is 0 Å². The van der Waals surface area contributed by atoms with Gasteiger partial charge in [-0.05, 0) is 62.4 Å². The minimum Gasteiger partial charge on any atom is -0.497 e. The summed E-state index contributed by atoms with van der Waals surface area (Å²) in [5.41, 5.74) is 1.31. The Bertz CT molecular complexity index is 579. The molecule has 1 saturated heterocycles. The van der Waals surface area contributed by atoms with E-state index in [1.54, 1.807) is 7.11 Å². The zero-order chi connectivity index (χ0) is 18.2. The van der Waals surface area contributed by atoms with Crippen molar-refractivity contribution in [2.45, 2.75) is 44.6 Å². The van der Waals surface area contributed by atoms with Crippen LogP contribution in [-0.4, -0.2) is 51.2 Å². The predicted octanol–water partition coefficient (Wildman–Crippen LogP) is 3.19. The molecule has 3 rings (SSSR count). The minimum absolute atomic E-state index is 0.345. The van der Waals surface area contributed by atoms with Crippen LogP contribution in [-0.2, 0) is 0 Å². The molecule has 1 aromatic rings. The van der Waals surface area contributed by atoms with Crippen LogP contribution in [0.5, 0.6) is 5.75 Å². The van der Waals surface area contributed by atoms with Crippen LogP contribution in [0, 0.1) is 5.92 Å². The van der Waals surface area contributed by atoms with E-state index in [1.165, 1.54) is 44.1 Å². The van der Waals surface area contributed by atoms with Crippen molar-refractivity contribution in [1.29, 1.82) is 0 Å². The molecule has 144 valence electrons. The number of benzene rings is 1. The van der Waals surface area contributed by atoms with Crippen molar-refractivity contribution in [3.8, 4) is 5.75 Å². The summed E-state index contributed by atoms with van der Waals surface area (Å²) >= 11 is 0. The number of likely N-dealkylation sites (tertiary alicyclic amines) is 1. The molecular formula is C21H34N4O. The summed E-state index contributed by atoms with van der Waals surface area (Å²) in [6, 6.07) is 8.81. The third kappa shape index (κ3) is 5.63. The highest BCUT2D eigenvalue weighted by Crippen LogP contribution is 2.33. The number of ether oxygens (including phenoxy) is 1. The van der Waals surface area contributed by atoms with Crippen molar-refractivity contribution < 1.29 is 4.74 Å². The van der Waals surface area contributed by atoms with Crippen LogP contribution < -0.4 is 15.4 Å². The first-order valence-electron chi connectivity index (χ1n) is 10.1. The Morgan fingerprint density at radius 3 is 2.77 bits per heavy atom. The lowest BCUT2D eigenvalue weighted by Crippen LogP contribution is -2.43. The van der Waals surface area contributed by atoms with E-state index < -0.39 is 0 Å². The van der Waals surface area contributed by atoms with Gasteiger partial charge in [-0.15, -0.1) is 0 Å². The fraction of sp³-hybridized carbons (Fsp3) is 0.667. The summed E-state index contributed by atoms with van der Waals surface area (Å²) < 4.78 is 5.43. The van der Waals surface area contributed by atoms with Crippen LogP contribution >= 0.6 is 0 Å². The molecule has 1 aliphatic heterocycles. The number of rotatable bonds is 9. The Kier molecular flexibility index (Phi) is 7.18. The third-order valence-corrected chi connectivity index (χ3v) is 5.52. The largest absolute Gasteiger partial charge is 0.497 e. The lowest BCUT2D eigenvalue weighted by molar-refractivity contribution is 0.245. The van der Waals surface area contributed by atoms with Crippen molar-refractivity contribution in [2.24, 2.45) is 10.9 Å². The van der Waals surface area contributed by atoms with Crippen molar-refractivity contribution in [2.75, 3.05) is 40.3 Å². The third-order valence-electron chi connectivity index (χ3n) is 5.52.